The molecule has 8 nitrogen and oxygen atoms in total. The van der Waals surface area contributed by atoms with Gasteiger partial charge in [0, 0.05) is 12.2 Å². The van der Waals surface area contributed by atoms with E-state index in [-0.39, 0.29) is 16.2 Å². The normalized spacial score (nSPS) is 13.6. The first kappa shape index (κ1) is 23.3. The van der Waals surface area contributed by atoms with Gasteiger partial charge >= 0.3 is 5.97 Å². The Balaban J connectivity index is 1.56. The third-order valence-electron chi connectivity index (χ3n) is 5.52. The van der Waals surface area contributed by atoms with E-state index in [2.05, 4.69) is 5.32 Å². The SMILES string of the molecule is COc1ccc(S(=O)(=O)N2CCc3ccccc32)cc1C(=O)O[C@@H](C)C(=O)Nc1ccccc1. The molecule has 0 radical (unpaired) electrons. The zero-order valence-electron chi connectivity index (χ0n) is 18.7. The van der Waals surface area contributed by atoms with Crippen molar-refractivity contribution in [1.29, 1.82) is 0 Å². The second kappa shape index (κ2) is 9.56. The third kappa shape index (κ3) is 4.60. The number of esters is 1. The molecule has 1 aliphatic heterocycles. The van der Waals surface area contributed by atoms with E-state index >= 15 is 0 Å². The molecule has 176 valence electrons. The molecule has 0 saturated carbocycles. The topological polar surface area (TPSA) is 102 Å². The molecule has 1 N–H and O–H groups in total. The molecule has 34 heavy (non-hydrogen) atoms. The van der Waals surface area contributed by atoms with Crippen molar-refractivity contribution in [2.45, 2.75) is 24.3 Å². The molecule has 1 heterocycles. The number of nitrogens with one attached hydrogen (secondary N) is 1. The van der Waals surface area contributed by atoms with E-state index in [1.54, 1.807) is 36.4 Å². The van der Waals surface area contributed by atoms with Gasteiger partial charge in [0.2, 0.25) is 0 Å². The summed E-state index contributed by atoms with van der Waals surface area (Å²) in [6.07, 6.45) is -0.516. The van der Waals surface area contributed by atoms with Crippen LogP contribution in [0.1, 0.15) is 22.8 Å². The Kier molecular flexibility index (Phi) is 6.56. The van der Waals surface area contributed by atoms with Crippen LogP contribution in [0, 0.1) is 0 Å². The second-order valence-corrected chi connectivity index (χ2v) is 9.58. The maximum absolute atomic E-state index is 13.4. The molecule has 1 aliphatic rings. The number of rotatable bonds is 7. The lowest BCUT2D eigenvalue weighted by molar-refractivity contribution is -0.123. The van der Waals surface area contributed by atoms with Crippen LogP contribution in [0.5, 0.6) is 5.75 Å². The van der Waals surface area contributed by atoms with Gasteiger partial charge in [-0.05, 0) is 55.3 Å². The number of hydrogen-bond acceptors (Lipinski definition) is 6. The zero-order chi connectivity index (χ0) is 24.3. The molecule has 9 heteroatoms. The van der Waals surface area contributed by atoms with Gasteiger partial charge in [-0.2, -0.15) is 0 Å². The van der Waals surface area contributed by atoms with Crippen molar-refractivity contribution in [3.63, 3.8) is 0 Å². The number of methoxy groups -OCH3 is 1. The summed E-state index contributed by atoms with van der Waals surface area (Å²) >= 11 is 0. The van der Waals surface area contributed by atoms with Gasteiger partial charge in [-0.15, -0.1) is 0 Å². The highest BCUT2D eigenvalue weighted by Gasteiger charge is 2.32. The van der Waals surface area contributed by atoms with Gasteiger partial charge in [0.1, 0.15) is 11.3 Å². The summed E-state index contributed by atoms with van der Waals surface area (Å²) in [6.45, 7) is 1.74. The number of anilines is 2. The van der Waals surface area contributed by atoms with Crippen LogP contribution in [0.15, 0.2) is 77.7 Å². The summed E-state index contributed by atoms with van der Waals surface area (Å²) in [7, 11) is -2.56. The Bertz CT molecular complexity index is 1320. The minimum absolute atomic E-state index is 0.0710. The molecule has 0 aromatic heterocycles. The molecular formula is C25H24N2O6S. The van der Waals surface area contributed by atoms with Gasteiger partial charge in [0.15, 0.2) is 6.10 Å². The van der Waals surface area contributed by atoms with Crippen LogP contribution in [-0.2, 0) is 26.0 Å². The van der Waals surface area contributed by atoms with Crippen LogP contribution in [0.25, 0.3) is 0 Å². The highest BCUT2D eigenvalue weighted by molar-refractivity contribution is 7.92. The van der Waals surface area contributed by atoms with Gasteiger partial charge < -0.3 is 14.8 Å². The summed E-state index contributed by atoms with van der Waals surface area (Å²) in [6, 6.07) is 20.1. The average molecular weight is 481 g/mol. The predicted octanol–water partition coefficient (Wildman–Crippen LogP) is 3.63. The summed E-state index contributed by atoms with van der Waals surface area (Å²) in [5.74, 6) is -1.25. The molecule has 3 aromatic carbocycles. The fourth-order valence-electron chi connectivity index (χ4n) is 3.73. The standard InChI is InChI=1S/C25H24N2O6S/c1-17(24(28)26-19-9-4-3-5-10-19)33-25(29)21-16-20(12-13-23(21)32-2)34(30,31)27-15-14-18-8-6-7-11-22(18)27/h3-13,16-17H,14-15H2,1-2H3,(H,26,28)/t17-/m0/s1. The number of para-hydroxylation sites is 2. The van der Waals surface area contributed by atoms with Gasteiger partial charge in [0.05, 0.1) is 17.7 Å². The van der Waals surface area contributed by atoms with Crippen molar-refractivity contribution in [3.05, 3.63) is 83.9 Å². The molecule has 0 bridgehead atoms. The van der Waals surface area contributed by atoms with E-state index in [1.807, 2.05) is 18.2 Å². The predicted molar refractivity (Wildman–Crippen MR) is 128 cm³/mol. The third-order valence-corrected chi connectivity index (χ3v) is 7.33. The number of benzene rings is 3. The monoisotopic (exact) mass is 480 g/mol. The Morgan fingerprint density at radius 2 is 1.71 bits per heavy atom. The molecule has 0 saturated heterocycles. The first-order chi connectivity index (χ1) is 16.3. The van der Waals surface area contributed by atoms with Crippen molar-refractivity contribution < 1.29 is 27.5 Å². The average Bonchev–Trinajstić information content (AvgIpc) is 3.29. The minimum atomic E-state index is -3.93. The van der Waals surface area contributed by atoms with Crippen molar-refractivity contribution in [1.82, 2.24) is 0 Å². The number of sulfonamides is 1. The van der Waals surface area contributed by atoms with Crippen LogP contribution in [0.3, 0.4) is 0 Å². The summed E-state index contributed by atoms with van der Waals surface area (Å²) < 4.78 is 38.6. The van der Waals surface area contributed by atoms with Crippen molar-refractivity contribution in [2.24, 2.45) is 0 Å². The van der Waals surface area contributed by atoms with Crippen molar-refractivity contribution in [3.8, 4) is 5.75 Å². The highest BCUT2D eigenvalue weighted by Crippen LogP contribution is 2.34. The number of carbonyl (C=O) groups excluding carboxylic acids is 2. The quantitative estimate of drug-likeness (QED) is 0.518. The van der Waals surface area contributed by atoms with Gasteiger partial charge in [-0.3, -0.25) is 9.10 Å². The van der Waals surface area contributed by atoms with E-state index in [1.165, 1.54) is 36.5 Å². The maximum atomic E-state index is 13.4. The largest absolute Gasteiger partial charge is 0.496 e. The molecule has 1 atom stereocenters. The fraction of sp³-hybridized carbons (Fsp3) is 0.200. The van der Waals surface area contributed by atoms with Crippen molar-refractivity contribution >= 4 is 33.3 Å². The van der Waals surface area contributed by atoms with Gasteiger partial charge in [-0.25, -0.2) is 13.2 Å². The first-order valence-electron chi connectivity index (χ1n) is 10.7. The van der Waals surface area contributed by atoms with Crippen LogP contribution in [0.4, 0.5) is 11.4 Å². The van der Waals surface area contributed by atoms with E-state index in [9.17, 15) is 18.0 Å². The number of amides is 1. The van der Waals surface area contributed by atoms with E-state index in [0.717, 1.165) is 5.56 Å². The molecule has 0 spiro atoms. The molecule has 1 amide bonds. The van der Waals surface area contributed by atoms with Crippen LogP contribution >= 0.6 is 0 Å². The second-order valence-electron chi connectivity index (χ2n) is 7.72. The van der Waals surface area contributed by atoms with Gasteiger partial charge in [-0.1, -0.05) is 36.4 Å². The molecule has 4 rings (SSSR count). The fourth-order valence-corrected chi connectivity index (χ4v) is 5.26. The lowest BCUT2D eigenvalue weighted by Gasteiger charge is -2.20. The van der Waals surface area contributed by atoms with Crippen LogP contribution < -0.4 is 14.4 Å². The van der Waals surface area contributed by atoms with E-state index in [4.69, 9.17) is 9.47 Å². The smallest absolute Gasteiger partial charge is 0.342 e. The minimum Gasteiger partial charge on any atom is -0.496 e. The first-order valence-corrected chi connectivity index (χ1v) is 12.1. The lowest BCUT2D eigenvalue weighted by Crippen LogP contribution is -2.31. The lowest BCUT2D eigenvalue weighted by atomic mass is 10.2. The molecule has 0 unspecified atom stereocenters. The van der Waals surface area contributed by atoms with Crippen molar-refractivity contribution in [2.75, 3.05) is 23.3 Å². The van der Waals surface area contributed by atoms with E-state index in [0.29, 0.717) is 24.3 Å². The molecule has 0 fully saturated rings. The van der Waals surface area contributed by atoms with Crippen LogP contribution in [0.2, 0.25) is 0 Å². The number of carbonyl (C=O) groups is 2. The molecular weight excluding hydrogens is 456 g/mol. The molecule has 0 aliphatic carbocycles. The number of nitrogens with zero attached hydrogens (tertiary/aromatic N) is 1. The molecule has 3 aromatic rings. The van der Waals surface area contributed by atoms with E-state index < -0.39 is 28.0 Å². The summed E-state index contributed by atoms with van der Waals surface area (Å²) in [5, 5.41) is 2.66. The Morgan fingerprint density at radius 1 is 1.00 bits per heavy atom. The maximum Gasteiger partial charge on any atom is 0.342 e. The number of hydrogen-bond donors (Lipinski definition) is 1. The zero-order valence-corrected chi connectivity index (χ0v) is 19.5. The Hall–Kier alpha value is -3.85. The van der Waals surface area contributed by atoms with Crippen LogP contribution in [-0.4, -0.2) is 40.1 Å². The number of fused-ring (bicyclic) bond motifs is 1. The summed E-state index contributed by atoms with van der Waals surface area (Å²) in [5.41, 5.74) is 2.04. The Morgan fingerprint density at radius 3 is 2.44 bits per heavy atom. The Labute approximate surface area is 198 Å². The van der Waals surface area contributed by atoms with Gasteiger partial charge in [0.25, 0.3) is 15.9 Å². The number of ether oxygens (including phenoxy) is 2. The summed E-state index contributed by atoms with van der Waals surface area (Å²) in [4.78, 5) is 25.3. The highest BCUT2D eigenvalue weighted by atomic mass is 32.2.